The van der Waals surface area contributed by atoms with Crippen LogP contribution in [0.25, 0.3) is 5.57 Å². The van der Waals surface area contributed by atoms with Gasteiger partial charge in [0.1, 0.15) is 11.4 Å². The van der Waals surface area contributed by atoms with Crippen LogP contribution in [0.15, 0.2) is 72.4 Å². The van der Waals surface area contributed by atoms with E-state index in [9.17, 15) is 9.59 Å². The monoisotopic (exact) mass is 460 g/mol. The molecular weight excluding hydrogens is 436 g/mol. The number of anilines is 2. The largest absolute Gasteiger partial charge is 0.494 e. The molecule has 1 heterocycles. The highest BCUT2D eigenvalue weighted by atomic mass is 35.5. The van der Waals surface area contributed by atoms with Crippen molar-refractivity contribution < 1.29 is 14.3 Å². The maximum absolute atomic E-state index is 13.6. The summed E-state index contributed by atoms with van der Waals surface area (Å²) < 4.78 is 5.71. The molecule has 6 heteroatoms. The molecule has 3 aromatic carbocycles. The first-order valence-electron chi connectivity index (χ1n) is 10.8. The Kier molecular flexibility index (Phi) is 6.52. The van der Waals surface area contributed by atoms with Crippen molar-refractivity contribution in [3.05, 3.63) is 94.1 Å². The Hall–Kier alpha value is -3.57. The van der Waals surface area contributed by atoms with Gasteiger partial charge in [-0.15, -0.1) is 0 Å². The first-order chi connectivity index (χ1) is 15.9. The first-order valence-corrected chi connectivity index (χ1v) is 11.2. The molecule has 0 spiro atoms. The number of nitrogens with zero attached hydrogens (tertiary/aromatic N) is 1. The van der Waals surface area contributed by atoms with E-state index in [2.05, 4.69) is 5.32 Å². The van der Waals surface area contributed by atoms with Crippen molar-refractivity contribution in [2.24, 2.45) is 0 Å². The molecule has 1 aliphatic rings. The van der Waals surface area contributed by atoms with Gasteiger partial charge in [-0.2, -0.15) is 0 Å². The number of carbonyl (C=O) groups is 2. The molecule has 4 rings (SSSR count). The molecule has 0 saturated carbocycles. The van der Waals surface area contributed by atoms with Crippen molar-refractivity contribution in [1.82, 2.24) is 0 Å². The van der Waals surface area contributed by atoms with Gasteiger partial charge < -0.3 is 10.1 Å². The highest BCUT2D eigenvalue weighted by molar-refractivity contribution is 6.46. The van der Waals surface area contributed by atoms with Gasteiger partial charge >= 0.3 is 0 Å². The summed E-state index contributed by atoms with van der Waals surface area (Å²) in [7, 11) is 0. The lowest BCUT2D eigenvalue weighted by Gasteiger charge is -2.17. The van der Waals surface area contributed by atoms with Crippen molar-refractivity contribution in [3.8, 4) is 5.75 Å². The molecule has 0 saturated heterocycles. The molecule has 1 aliphatic heterocycles. The lowest BCUT2D eigenvalue weighted by atomic mass is 10.0. The van der Waals surface area contributed by atoms with Crippen LogP contribution in [-0.2, 0) is 9.59 Å². The molecule has 0 atom stereocenters. The minimum absolute atomic E-state index is 0.217. The average molecular weight is 461 g/mol. The average Bonchev–Trinajstić information content (AvgIpc) is 3.05. The summed E-state index contributed by atoms with van der Waals surface area (Å²) in [4.78, 5) is 28.4. The zero-order valence-corrected chi connectivity index (χ0v) is 19.6. The highest BCUT2D eigenvalue weighted by Gasteiger charge is 2.40. The number of rotatable bonds is 7. The molecule has 1 N–H and O–H groups in total. The third-order valence-corrected chi connectivity index (χ3v) is 5.67. The van der Waals surface area contributed by atoms with E-state index in [-0.39, 0.29) is 5.70 Å². The second-order valence-electron chi connectivity index (χ2n) is 7.99. The Morgan fingerprint density at radius 2 is 1.70 bits per heavy atom. The lowest BCUT2D eigenvalue weighted by Crippen LogP contribution is -2.32. The van der Waals surface area contributed by atoms with Crippen LogP contribution < -0.4 is 15.0 Å². The van der Waals surface area contributed by atoms with Crippen LogP contribution in [0.5, 0.6) is 5.75 Å². The van der Waals surface area contributed by atoms with Gasteiger partial charge in [0.25, 0.3) is 11.8 Å². The molecule has 33 heavy (non-hydrogen) atoms. The molecule has 5 nitrogen and oxygen atoms in total. The van der Waals surface area contributed by atoms with E-state index >= 15 is 0 Å². The van der Waals surface area contributed by atoms with E-state index in [0.717, 1.165) is 17.5 Å². The molecule has 168 valence electrons. The fraction of sp³-hybridized carbons (Fsp3) is 0.185. The highest BCUT2D eigenvalue weighted by Crippen LogP contribution is 2.35. The van der Waals surface area contributed by atoms with Crippen LogP contribution >= 0.6 is 11.6 Å². The van der Waals surface area contributed by atoms with Gasteiger partial charge in [-0.25, -0.2) is 4.90 Å². The van der Waals surface area contributed by atoms with Gasteiger partial charge in [-0.05, 0) is 55.7 Å². The smallest absolute Gasteiger partial charge is 0.282 e. The topological polar surface area (TPSA) is 58.6 Å². The Morgan fingerprint density at radius 1 is 0.939 bits per heavy atom. The standard InChI is InChI=1S/C27H25ClN2O3/c1-4-14-33-22-7-5-6-21(16-22)30-26(31)24(19-11-8-17(2)9-12-19)25(27(30)32)29-23-15-20(28)13-10-18(23)3/h5-13,15-16,29H,4,14H2,1-3H3. The van der Waals surface area contributed by atoms with E-state index in [4.69, 9.17) is 16.3 Å². The molecule has 0 fully saturated rings. The van der Waals surface area contributed by atoms with Gasteiger partial charge in [-0.1, -0.05) is 60.5 Å². The summed E-state index contributed by atoms with van der Waals surface area (Å²) in [6.45, 7) is 6.46. The molecule has 0 bridgehead atoms. The number of amides is 2. The maximum Gasteiger partial charge on any atom is 0.282 e. The number of halogens is 1. The minimum atomic E-state index is -0.428. The summed E-state index contributed by atoms with van der Waals surface area (Å²) >= 11 is 6.19. The van der Waals surface area contributed by atoms with E-state index in [1.54, 1.807) is 30.3 Å². The minimum Gasteiger partial charge on any atom is -0.494 e. The third kappa shape index (κ3) is 4.64. The van der Waals surface area contributed by atoms with Crippen molar-refractivity contribution in [2.45, 2.75) is 27.2 Å². The number of hydrogen-bond donors (Lipinski definition) is 1. The van der Waals surface area contributed by atoms with Crippen molar-refractivity contribution >= 4 is 40.4 Å². The van der Waals surface area contributed by atoms with Gasteiger partial charge in [0, 0.05) is 16.8 Å². The summed E-state index contributed by atoms with van der Waals surface area (Å²) in [5.41, 5.74) is 4.31. The lowest BCUT2D eigenvalue weighted by molar-refractivity contribution is -0.120. The van der Waals surface area contributed by atoms with E-state index < -0.39 is 11.8 Å². The number of benzene rings is 3. The number of hydrogen-bond acceptors (Lipinski definition) is 4. The normalized spacial score (nSPS) is 13.6. The van der Waals surface area contributed by atoms with Crippen LogP contribution in [0.1, 0.15) is 30.0 Å². The molecule has 0 aromatic heterocycles. The Morgan fingerprint density at radius 3 is 2.42 bits per heavy atom. The van der Waals surface area contributed by atoms with Gasteiger partial charge in [-0.3, -0.25) is 9.59 Å². The van der Waals surface area contributed by atoms with Crippen LogP contribution in [-0.4, -0.2) is 18.4 Å². The molecule has 3 aromatic rings. The summed E-state index contributed by atoms with van der Waals surface area (Å²) in [5.74, 6) is -0.208. The number of nitrogens with one attached hydrogen (secondary N) is 1. The second-order valence-corrected chi connectivity index (χ2v) is 8.43. The van der Waals surface area contributed by atoms with Crippen molar-refractivity contribution in [1.29, 1.82) is 0 Å². The van der Waals surface area contributed by atoms with Gasteiger partial charge in [0.05, 0.1) is 17.9 Å². The number of carbonyl (C=O) groups excluding carboxylic acids is 2. The Balaban J connectivity index is 1.79. The summed E-state index contributed by atoms with van der Waals surface area (Å²) in [6.07, 6.45) is 0.859. The Labute approximate surface area is 198 Å². The Bertz CT molecular complexity index is 1250. The molecule has 0 radical (unpaired) electrons. The molecular formula is C27H25ClN2O3. The second kappa shape index (κ2) is 9.51. The number of ether oxygens (including phenoxy) is 1. The van der Waals surface area contributed by atoms with Gasteiger partial charge in [0.2, 0.25) is 0 Å². The van der Waals surface area contributed by atoms with Crippen LogP contribution in [0.2, 0.25) is 5.02 Å². The summed E-state index contributed by atoms with van der Waals surface area (Å²) in [6, 6.07) is 20.0. The predicted octanol–water partition coefficient (Wildman–Crippen LogP) is 6.14. The summed E-state index contributed by atoms with van der Waals surface area (Å²) in [5, 5.41) is 3.73. The predicted molar refractivity (Wildman–Crippen MR) is 133 cm³/mol. The van der Waals surface area contributed by atoms with Crippen molar-refractivity contribution in [2.75, 3.05) is 16.8 Å². The maximum atomic E-state index is 13.6. The molecule has 2 amide bonds. The molecule has 0 aliphatic carbocycles. The van der Waals surface area contributed by atoms with Crippen molar-refractivity contribution in [3.63, 3.8) is 0 Å². The third-order valence-electron chi connectivity index (χ3n) is 5.43. The zero-order chi connectivity index (χ0) is 23.5. The SMILES string of the molecule is CCCOc1cccc(N2C(=O)C(Nc3cc(Cl)ccc3C)=C(c3ccc(C)cc3)C2=O)c1. The first kappa shape index (κ1) is 22.6. The number of imide groups is 1. The van der Waals surface area contributed by atoms with E-state index in [1.165, 1.54) is 4.90 Å². The zero-order valence-electron chi connectivity index (χ0n) is 18.8. The van der Waals surface area contributed by atoms with Crippen LogP contribution in [0.3, 0.4) is 0 Å². The van der Waals surface area contributed by atoms with Crippen LogP contribution in [0, 0.1) is 13.8 Å². The number of aryl methyl sites for hydroxylation is 2. The molecule has 0 unspecified atom stereocenters. The van der Waals surface area contributed by atoms with Crippen LogP contribution in [0.4, 0.5) is 11.4 Å². The van der Waals surface area contributed by atoms with E-state index in [0.29, 0.717) is 39.9 Å². The van der Waals surface area contributed by atoms with Gasteiger partial charge in [0.15, 0.2) is 0 Å². The fourth-order valence-electron chi connectivity index (χ4n) is 3.66. The van der Waals surface area contributed by atoms with E-state index in [1.807, 2.05) is 57.2 Å². The fourth-order valence-corrected chi connectivity index (χ4v) is 3.84. The quantitative estimate of drug-likeness (QED) is 0.430.